The Labute approximate surface area is 114 Å². The second-order valence-electron chi connectivity index (χ2n) is 4.84. The van der Waals surface area contributed by atoms with Crippen molar-refractivity contribution in [3.63, 3.8) is 0 Å². The van der Waals surface area contributed by atoms with Gasteiger partial charge in [0, 0.05) is 12.2 Å². The lowest BCUT2D eigenvalue weighted by molar-refractivity contribution is 0.317. The first-order chi connectivity index (χ1) is 8.88. The van der Waals surface area contributed by atoms with Gasteiger partial charge in [0.15, 0.2) is 0 Å². The van der Waals surface area contributed by atoms with E-state index in [9.17, 15) is 0 Å². The highest BCUT2D eigenvalue weighted by Crippen LogP contribution is 2.23. The molecule has 0 spiro atoms. The third-order valence-corrected chi connectivity index (χ3v) is 4.46. The molecule has 1 saturated heterocycles. The summed E-state index contributed by atoms with van der Waals surface area (Å²) in [5, 5.41) is 3.53. The number of rotatable bonds is 6. The Balaban J connectivity index is 1.75. The Morgan fingerprint density at radius 3 is 2.83 bits per heavy atom. The number of hydrogen-bond donors (Lipinski definition) is 1. The van der Waals surface area contributed by atoms with Gasteiger partial charge in [-0.05, 0) is 61.0 Å². The largest absolute Gasteiger partial charge is 0.494 e. The topological polar surface area (TPSA) is 21.3 Å². The Bertz CT molecular complexity index is 333. The van der Waals surface area contributed by atoms with Crippen molar-refractivity contribution in [2.75, 3.05) is 30.0 Å². The molecule has 0 aliphatic carbocycles. The van der Waals surface area contributed by atoms with Crippen molar-refractivity contribution in [2.45, 2.75) is 26.2 Å². The Kier molecular flexibility index (Phi) is 5.72. The van der Waals surface area contributed by atoms with Crippen molar-refractivity contribution < 1.29 is 4.74 Å². The highest BCUT2D eigenvalue weighted by atomic mass is 32.2. The van der Waals surface area contributed by atoms with Gasteiger partial charge in [0.05, 0.1) is 6.61 Å². The highest BCUT2D eigenvalue weighted by Gasteiger charge is 2.13. The van der Waals surface area contributed by atoms with Crippen molar-refractivity contribution in [3.05, 3.63) is 24.3 Å². The molecule has 0 aromatic heterocycles. The second-order valence-corrected chi connectivity index (χ2v) is 5.99. The molecule has 1 aliphatic rings. The van der Waals surface area contributed by atoms with Gasteiger partial charge in [-0.15, -0.1) is 0 Å². The van der Waals surface area contributed by atoms with E-state index in [0.717, 1.165) is 31.2 Å². The van der Waals surface area contributed by atoms with E-state index in [1.165, 1.54) is 30.0 Å². The van der Waals surface area contributed by atoms with E-state index < -0.39 is 0 Å². The van der Waals surface area contributed by atoms with E-state index in [0.29, 0.717) is 0 Å². The van der Waals surface area contributed by atoms with E-state index >= 15 is 0 Å². The van der Waals surface area contributed by atoms with Gasteiger partial charge in [-0.3, -0.25) is 0 Å². The smallest absolute Gasteiger partial charge is 0.119 e. The molecule has 1 aromatic carbocycles. The lowest BCUT2D eigenvalue weighted by atomic mass is 10.1. The highest BCUT2D eigenvalue weighted by molar-refractivity contribution is 7.99. The van der Waals surface area contributed by atoms with Gasteiger partial charge in [-0.25, -0.2) is 0 Å². The van der Waals surface area contributed by atoms with E-state index in [1.807, 2.05) is 12.1 Å². The van der Waals surface area contributed by atoms with Gasteiger partial charge in [-0.2, -0.15) is 11.8 Å². The van der Waals surface area contributed by atoms with Gasteiger partial charge in [0.25, 0.3) is 0 Å². The molecule has 1 aromatic rings. The monoisotopic (exact) mass is 265 g/mol. The van der Waals surface area contributed by atoms with Crippen LogP contribution in [0.15, 0.2) is 24.3 Å². The first-order valence-electron chi connectivity index (χ1n) is 6.93. The number of anilines is 1. The molecule has 0 radical (unpaired) electrons. The first kappa shape index (κ1) is 13.6. The molecule has 2 rings (SSSR count). The maximum atomic E-state index is 5.57. The van der Waals surface area contributed by atoms with Gasteiger partial charge in [0.1, 0.15) is 5.75 Å². The van der Waals surface area contributed by atoms with Crippen molar-refractivity contribution in [3.8, 4) is 5.75 Å². The summed E-state index contributed by atoms with van der Waals surface area (Å²) in [4.78, 5) is 0. The van der Waals surface area contributed by atoms with E-state index in [4.69, 9.17) is 4.74 Å². The third kappa shape index (κ3) is 4.45. The quantitative estimate of drug-likeness (QED) is 0.839. The Morgan fingerprint density at radius 2 is 2.17 bits per heavy atom. The summed E-state index contributed by atoms with van der Waals surface area (Å²) in [7, 11) is 0. The van der Waals surface area contributed by atoms with Crippen LogP contribution in [0, 0.1) is 5.92 Å². The summed E-state index contributed by atoms with van der Waals surface area (Å²) in [6.07, 6.45) is 3.80. The van der Waals surface area contributed by atoms with Crippen molar-refractivity contribution in [1.82, 2.24) is 0 Å². The molecule has 0 bridgehead atoms. The molecule has 1 N–H and O–H groups in total. The molecular weight excluding hydrogens is 242 g/mol. The molecule has 3 heteroatoms. The van der Waals surface area contributed by atoms with Crippen LogP contribution in [0.3, 0.4) is 0 Å². The normalized spacial score (nSPS) is 19.5. The summed E-state index contributed by atoms with van der Waals surface area (Å²) < 4.78 is 5.57. The molecule has 0 amide bonds. The van der Waals surface area contributed by atoms with E-state index in [2.05, 4.69) is 36.1 Å². The maximum absolute atomic E-state index is 5.57. The molecule has 1 atom stereocenters. The van der Waals surface area contributed by atoms with Crippen LogP contribution in [0.4, 0.5) is 5.69 Å². The predicted octanol–water partition coefficient (Wildman–Crippen LogP) is 4.03. The average molecular weight is 265 g/mol. The molecule has 1 fully saturated rings. The lowest BCUT2D eigenvalue weighted by Crippen LogP contribution is -2.19. The summed E-state index contributed by atoms with van der Waals surface area (Å²) >= 11 is 2.09. The first-order valence-corrected chi connectivity index (χ1v) is 8.08. The Morgan fingerprint density at radius 1 is 1.33 bits per heavy atom. The van der Waals surface area contributed by atoms with Crippen LogP contribution in [-0.4, -0.2) is 24.7 Å². The molecule has 1 unspecified atom stereocenters. The summed E-state index contributed by atoms with van der Waals surface area (Å²) in [6.45, 7) is 4.02. The maximum Gasteiger partial charge on any atom is 0.119 e. The molecule has 0 saturated carbocycles. The fourth-order valence-corrected chi connectivity index (χ4v) is 3.27. The minimum atomic E-state index is 0.798. The predicted molar refractivity (Wildman–Crippen MR) is 80.8 cm³/mol. The number of thioether (sulfide) groups is 1. The van der Waals surface area contributed by atoms with Crippen LogP contribution < -0.4 is 10.1 Å². The fourth-order valence-electron chi connectivity index (χ4n) is 2.12. The standard InChI is InChI=1S/C15H23NOS/c1-2-9-17-15-7-5-14(6-8-15)16-11-13-4-3-10-18-12-13/h5-8,13,16H,2-4,9-12H2,1H3. The number of hydrogen-bond acceptors (Lipinski definition) is 3. The molecule has 100 valence electrons. The minimum absolute atomic E-state index is 0.798. The second kappa shape index (κ2) is 7.57. The Hall–Kier alpha value is -0.830. The van der Waals surface area contributed by atoms with Crippen LogP contribution in [0.2, 0.25) is 0 Å². The lowest BCUT2D eigenvalue weighted by Gasteiger charge is -2.22. The fraction of sp³-hybridized carbons (Fsp3) is 0.600. The van der Waals surface area contributed by atoms with E-state index in [1.54, 1.807) is 0 Å². The van der Waals surface area contributed by atoms with E-state index in [-0.39, 0.29) is 0 Å². The SMILES string of the molecule is CCCOc1ccc(NCC2CCCSC2)cc1. The molecule has 2 nitrogen and oxygen atoms in total. The van der Waals surface area contributed by atoms with Crippen LogP contribution in [-0.2, 0) is 0 Å². The number of benzene rings is 1. The third-order valence-electron chi connectivity index (χ3n) is 3.18. The van der Waals surface area contributed by atoms with Gasteiger partial charge < -0.3 is 10.1 Å². The average Bonchev–Trinajstić information content (AvgIpc) is 2.45. The number of ether oxygens (including phenoxy) is 1. The molecule has 1 heterocycles. The molecule has 1 aliphatic heterocycles. The van der Waals surface area contributed by atoms with Crippen LogP contribution in [0.5, 0.6) is 5.75 Å². The van der Waals surface area contributed by atoms with Gasteiger partial charge in [-0.1, -0.05) is 6.92 Å². The van der Waals surface area contributed by atoms with Crippen molar-refractivity contribution >= 4 is 17.4 Å². The van der Waals surface area contributed by atoms with Crippen molar-refractivity contribution in [1.29, 1.82) is 0 Å². The zero-order chi connectivity index (χ0) is 12.6. The van der Waals surface area contributed by atoms with Crippen LogP contribution in [0.25, 0.3) is 0 Å². The summed E-state index contributed by atoms with van der Waals surface area (Å²) in [5.74, 6) is 4.46. The number of nitrogens with one attached hydrogen (secondary N) is 1. The zero-order valence-electron chi connectivity index (χ0n) is 11.2. The van der Waals surface area contributed by atoms with Gasteiger partial charge in [0.2, 0.25) is 0 Å². The summed E-state index contributed by atoms with van der Waals surface area (Å²) in [5.41, 5.74) is 1.20. The molecule has 18 heavy (non-hydrogen) atoms. The molecular formula is C15H23NOS. The van der Waals surface area contributed by atoms with Crippen molar-refractivity contribution in [2.24, 2.45) is 5.92 Å². The van der Waals surface area contributed by atoms with Crippen LogP contribution >= 0.6 is 11.8 Å². The minimum Gasteiger partial charge on any atom is -0.494 e. The van der Waals surface area contributed by atoms with Crippen LogP contribution in [0.1, 0.15) is 26.2 Å². The zero-order valence-corrected chi connectivity index (χ0v) is 12.0. The summed E-state index contributed by atoms with van der Waals surface area (Å²) in [6, 6.07) is 8.32. The van der Waals surface area contributed by atoms with Gasteiger partial charge >= 0.3 is 0 Å².